The number of piperidine rings is 1. The normalized spacial score (nSPS) is 16.5. The number of aromatic nitrogens is 1. The largest absolute Gasteiger partial charge is 0.492 e. The summed E-state index contributed by atoms with van der Waals surface area (Å²) in [6.07, 6.45) is 3.14. The number of carboxylic acids is 2. The molecule has 1 saturated carbocycles. The maximum atomic E-state index is 15.6. The highest BCUT2D eigenvalue weighted by Gasteiger charge is 2.32. The predicted molar refractivity (Wildman–Crippen MR) is 158 cm³/mol. The van der Waals surface area contributed by atoms with Crippen LogP contribution in [0.4, 0.5) is 14.5 Å². The lowest BCUT2D eigenvalue weighted by Crippen LogP contribution is -2.45. The van der Waals surface area contributed by atoms with Crippen molar-refractivity contribution in [2.24, 2.45) is 5.73 Å². The van der Waals surface area contributed by atoms with Gasteiger partial charge in [0.15, 0.2) is 11.6 Å². The Morgan fingerprint density at radius 2 is 1.89 bits per heavy atom. The van der Waals surface area contributed by atoms with Gasteiger partial charge in [0, 0.05) is 31.7 Å². The number of carbonyl (C=O) groups excluding carboxylic acids is 2. The standard InChI is InChI=1S/C28H33F2N5O8.ClH/c1-43-26-23-16(25(39)17(28(41)42)13-35(23)15-4-5-15)9-18(29)24(26)34-8-2-3-14(12-34)19(30)10-32-21(36)11-33-27(40)20(31)6-7-22(37)38;/h9,13,15,20H,2-8,10-12,31H2,1H3,(H,32,36)(H,33,40)(H,37,38)(H,41,42);1H/b19-14-;/t20-;/m0./s1. The van der Waals surface area contributed by atoms with E-state index in [0.29, 0.717) is 25.0 Å². The van der Waals surface area contributed by atoms with Gasteiger partial charge in [0.25, 0.3) is 0 Å². The summed E-state index contributed by atoms with van der Waals surface area (Å²) < 4.78 is 38.0. The number of fused-ring (bicyclic) bond motifs is 1. The van der Waals surface area contributed by atoms with E-state index in [4.69, 9.17) is 15.6 Å². The Morgan fingerprint density at radius 1 is 1.18 bits per heavy atom. The summed E-state index contributed by atoms with van der Waals surface area (Å²) in [6, 6.07) is -0.185. The number of benzene rings is 1. The fraction of sp³-hybridized carbons (Fsp3) is 0.464. The van der Waals surface area contributed by atoms with Crippen LogP contribution in [-0.4, -0.2) is 77.9 Å². The number of hydrogen-bond donors (Lipinski definition) is 5. The second-order valence-corrected chi connectivity index (χ2v) is 10.5. The Kier molecular flexibility index (Phi) is 11.3. The van der Waals surface area contributed by atoms with Crippen LogP contribution in [0.15, 0.2) is 28.5 Å². The van der Waals surface area contributed by atoms with Crippen LogP contribution in [-0.2, 0) is 14.4 Å². The summed E-state index contributed by atoms with van der Waals surface area (Å²) in [5.41, 5.74) is 4.89. The molecule has 1 aliphatic heterocycles. The average molecular weight is 642 g/mol. The number of rotatable bonds is 12. The number of pyridine rings is 1. The van der Waals surface area contributed by atoms with E-state index in [1.807, 2.05) is 0 Å². The topological polar surface area (TPSA) is 193 Å². The number of nitrogens with two attached hydrogens (primary N) is 1. The van der Waals surface area contributed by atoms with Crippen molar-refractivity contribution in [3.05, 3.63) is 45.3 Å². The van der Waals surface area contributed by atoms with E-state index in [1.165, 1.54) is 13.3 Å². The van der Waals surface area contributed by atoms with Crippen LogP contribution in [0.2, 0.25) is 0 Å². The summed E-state index contributed by atoms with van der Waals surface area (Å²) in [6.45, 7) is -0.646. The van der Waals surface area contributed by atoms with Crippen LogP contribution in [0, 0.1) is 5.82 Å². The van der Waals surface area contributed by atoms with E-state index < -0.39 is 65.5 Å². The molecular formula is C28H34ClF2N5O8. The van der Waals surface area contributed by atoms with Gasteiger partial charge in [-0.2, -0.15) is 0 Å². The quantitative estimate of drug-likeness (QED) is 0.228. The SMILES string of the molecule is COc1c(N2CCC/C(=C(/F)CNC(=O)CNC(=O)[C@@H](N)CCC(=O)O)C2)c(F)cc2c(=O)c(C(=O)O)cn(C3CC3)c12.Cl. The highest BCUT2D eigenvalue weighted by Crippen LogP contribution is 2.44. The van der Waals surface area contributed by atoms with Crippen LogP contribution in [0.5, 0.6) is 5.75 Å². The molecule has 2 fully saturated rings. The van der Waals surface area contributed by atoms with Crippen LogP contribution < -0.4 is 31.4 Å². The van der Waals surface area contributed by atoms with Crippen molar-refractivity contribution in [3.8, 4) is 5.75 Å². The van der Waals surface area contributed by atoms with Gasteiger partial charge in [0.2, 0.25) is 17.2 Å². The number of methoxy groups -OCH3 is 1. The summed E-state index contributed by atoms with van der Waals surface area (Å²) >= 11 is 0. The third kappa shape index (κ3) is 7.63. The smallest absolute Gasteiger partial charge is 0.341 e. The first-order chi connectivity index (χ1) is 20.4. The minimum absolute atomic E-state index is 0. The number of carbonyl (C=O) groups is 4. The molecule has 0 unspecified atom stereocenters. The average Bonchev–Trinajstić information content (AvgIpc) is 3.82. The van der Waals surface area contributed by atoms with Crippen molar-refractivity contribution in [2.45, 2.75) is 50.6 Å². The number of nitrogens with zero attached hydrogens (tertiary/aromatic N) is 2. The van der Waals surface area contributed by atoms with Crippen molar-refractivity contribution in [2.75, 3.05) is 38.2 Å². The molecule has 1 aromatic heterocycles. The number of aromatic carboxylic acids is 1. The molecule has 0 spiro atoms. The monoisotopic (exact) mass is 641 g/mol. The Balaban J connectivity index is 0.00000529. The molecular weight excluding hydrogens is 608 g/mol. The predicted octanol–water partition coefficient (Wildman–Crippen LogP) is 1.85. The van der Waals surface area contributed by atoms with Crippen LogP contribution in [0.1, 0.15) is 54.9 Å². The van der Waals surface area contributed by atoms with Gasteiger partial charge in [-0.1, -0.05) is 0 Å². The third-order valence-electron chi connectivity index (χ3n) is 7.43. The number of amides is 2. The van der Waals surface area contributed by atoms with E-state index >= 15 is 8.78 Å². The van der Waals surface area contributed by atoms with Gasteiger partial charge < -0.3 is 40.8 Å². The molecule has 2 amide bonds. The minimum atomic E-state index is -1.42. The second-order valence-electron chi connectivity index (χ2n) is 10.5. The highest BCUT2D eigenvalue weighted by atomic mass is 35.5. The molecule has 16 heteroatoms. The zero-order chi connectivity index (χ0) is 31.4. The molecule has 6 N–H and O–H groups in total. The van der Waals surface area contributed by atoms with Crippen molar-refractivity contribution < 1.29 is 42.9 Å². The Hall–Kier alpha value is -4.24. The zero-order valence-corrected chi connectivity index (χ0v) is 24.7. The minimum Gasteiger partial charge on any atom is -0.492 e. The molecule has 1 aliphatic carbocycles. The van der Waals surface area contributed by atoms with E-state index in [9.17, 15) is 29.1 Å². The molecule has 0 radical (unpaired) electrons. The van der Waals surface area contributed by atoms with E-state index in [2.05, 4.69) is 10.6 Å². The van der Waals surface area contributed by atoms with E-state index in [1.54, 1.807) is 9.47 Å². The first-order valence-corrected chi connectivity index (χ1v) is 13.7. The van der Waals surface area contributed by atoms with Crippen molar-refractivity contribution in [1.29, 1.82) is 0 Å². The summed E-state index contributed by atoms with van der Waals surface area (Å²) in [4.78, 5) is 60.9. The van der Waals surface area contributed by atoms with Gasteiger partial charge in [-0.05, 0) is 43.7 Å². The lowest BCUT2D eigenvalue weighted by molar-refractivity contribution is -0.137. The zero-order valence-electron chi connectivity index (χ0n) is 23.9. The summed E-state index contributed by atoms with van der Waals surface area (Å²) in [5, 5.41) is 22.7. The molecule has 1 atom stereocenters. The molecule has 1 aromatic carbocycles. The van der Waals surface area contributed by atoms with Gasteiger partial charge in [-0.25, -0.2) is 13.6 Å². The number of ether oxygens (including phenoxy) is 1. The van der Waals surface area contributed by atoms with Crippen LogP contribution >= 0.6 is 12.4 Å². The molecule has 1 saturated heterocycles. The first-order valence-electron chi connectivity index (χ1n) is 13.7. The van der Waals surface area contributed by atoms with Crippen molar-refractivity contribution in [3.63, 3.8) is 0 Å². The Labute approximate surface area is 256 Å². The number of carboxylic acid groups (broad SMARTS) is 2. The number of nitrogens with one attached hydrogen (secondary N) is 2. The molecule has 4 rings (SSSR count). The van der Waals surface area contributed by atoms with Crippen LogP contribution in [0.3, 0.4) is 0 Å². The lowest BCUT2D eigenvalue weighted by Gasteiger charge is -2.33. The maximum Gasteiger partial charge on any atom is 0.341 e. The molecule has 2 aliphatic rings. The fourth-order valence-corrected chi connectivity index (χ4v) is 5.08. The molecule has 13 nitrogen and oxygen atoms in total. The Morgan fingerprint density at radius 3 is 2.50 bits per heavy atom. The number of hydrogen-bond acceptors (Lipinski definition) is 8. The van der Waals surface area contributed by atoms with Gasteiger partial charge in [-0.15, -0.1) is 12.4 Å². The number of aliphatic carboxylic acids is 1. The van der Waals surface area contributed by atoms with Crippen LogP contribution in [0.25, 0.3) is 10.9 Å². The maximum absolute atomic E-state index is 15.6. The first kappa shape index (κ1) is 34.3. The Bertz CT molecular complexity index is 1560. The van der Waals surface area contributed by atoms with Crippen molar-refractivity contribution in [1.82, 2.24) is 15.2 Å². The van der Waals surface area contributed by atoms with Gasteiger partial charge >= 0.3 is 11.9 Å². The van der Waals surface area contributed by atoms with E-state index in [0.717, 1.165) is 18.9 Å². The molecule has 2 heterocycles. The fourth-order valence-electron chi connectivity index (χ4n) is 5.08. The summed E-state index contributed by atoms with van der Waals surface area (Å²) in [7, 11) is 1.32. The second kappa shape index (κ2) is 14.5. The number of halogens is 3. The van der Waals surface area contributed by atoms with Gasteiger partial charge in [0.1, 0.15) is 17.1 Å². The summed E-state index contributed by atoms with van der Waals surface area (Å²) in [5.74, 6) is -5.34. The van der Waals surface area contributed by atoms with Gasteiger partial charge in [-0.3, -0.25) is 19.2 Å². The lowest BCUT2D eigenvalue weighted by atomic mass is 10.0. The molecule has 2 aromatic rings. The molecule has 240 valence electrons. The van der Waals surface area contributed by atoms with E-state index in [-0.39, 0.29) is 60.2 Å². The number of anilines is 1. The highest BCUT2D eigenvalue weighted by molar-refractivity contribution is 5.97. The third-order valence-corrected chi connectivity index (χ3v) is 7.43. The molecule has 44 heavy (non-hydrogen) atoms. The van der Waals surface area contributed by atoms with Gasteiger partial charge in [0.05, 0.1) is 37.1 Å². The molecule has 0 bridgehead atoms. The van der Waals surface area contributed by atoms with Crippen molar-refractivity contribution >= 4 is 52.8 Å².